The van der Waals surface area contributed by atoms with Crippen molar-refractivity contribution >= 4 is 5.78 Å². The lowest BCUT2D eigenvalue weighted by Gasteiger charge is -2.26. The minimum atomic E-state index is -1.51. The topological polar surface area (TPSA) is 77.8 Å². The summed E-state index contributed by atoms with van der Waals surface area (Å²) in [5.41, 5.74) is -0.714. The van der Waals surface area contributed by atoms with E-state index >= 15 is 0 Å². The molecule has 0 aromatic carbocycles. The number of carbonyl (C=O) groups is 1. The summed E-state index contributed by atoms with van der Waals surface area (Å²) < 4.78 is 0. The summed E-state index contributed by atoms with van der Waals surface area (Å²) in [6, 6.07) is 0. The van der Waals surface area contributed by atoms with Crippen LogP contribution < -0.4 is 0 Å². The number of rotatable bonds is 4. The third-order valence-electron chi connectivity index (χ3n) is 2.14. The first kappa shape index (κ1) is 13.5. The molecule has 0 spiro atoms. The van der Waals surface area contributed by atoms with Gasteiger partial charge in [-0.2, -0.15) is 0 Å². The monoisotopic (exact) mass is 204 g/mol. The van der Waals surface area contributed by atoms with Crippen LogP contribution in [0.3, 0.4) is 0 Å². The fourth-order valence-corrected chi connectivity index (χ4v) is 1.05. The maximum Gasteiger partial charge on any atom is 0.169 e. The lowest BCUT2D eigenvalue weighted by molar-refractivity contribution is -0.146. The van der Waals surface area contributed by atoms with Crippen molar-refractivity contribution in [2.75, 3.05) is 0 Å². The van der Waals surface area contributed by atoms with Crippen molar-refractivity contribution in [1.82, 2.24) is 0 Å². The Bertz CT molecular complexity index is 195. The lowest BCUT2D eigenvalue weighted by Crippen LogP contribution is -2.46. The molecule has 84 valence electrons. The molecule has 0 saturated heterocycles. The van der Waals surface area contributed by atoms with Gasteiger partial charge in [0.2, 0.25) is 0 Å². The molecule has 0 bridgehead atoms. The number of hydrogen-bond donors (Lipinski definition) is 3. The summed E-state index contributed by atoms with van der Waals surface area (Å²) in [6.45, 7) is 6.64. The van der Waals surface area contributed by atoms with Gasteiger partial charge in [0.25, 0.3) is 0 Å². The number of hydrogen-bond acceptors (Lipinski definition) is 4. The Morgan fingerprint density at radius 3 is 1.93 bits per heavy atom. The largest absolute Gasteiger partial charge is 0.390 e. The van der Waals surface area contributed by atoms with E-state index in [2.05, 4.69) is 0 Å². The molecular weight excluding hydrogens is 184 g/mol. The number of Topliss-reactive ketones (excluding diaryl/α,β-unsaturated/α-hetero) is 1. The normalized spacial score (nSPS) is 18.8. The van der Waals surface area contributed by atoms with Crippen molar-refractivity contribution in [2.24, 2.45) is 5.41 Å². The van der Waals surface area contributed by atoms with E-state index in [1.54, 1.807) is 27.7 Å². The third kappa shape index (κ3) is 3.36. The molecule has 14 heavy (non-hydrogen) atoms. The summed E-state index contributed by atoms with van der Waals surface area (Å²) >= 11 is 0. The predicted octanol–water partition coefficient (Wildman–Crippen LogP) is 0.0943. The molecule has 0 saturated carbocycles. The second-order valence-corrected chi connectivity index (χ2v) is 4.53. The second-order valence-electron chi connectivity index (χ2n) is 4.53. The van der Waals surface area contributed by atoms with Gasteiger partial charge in [0.15, 0.2) is 5.78 Å². The van der Waals surface area contributed by atoms with Crippen molar-refractivity contribution in [1.29, 1.82) is 0 Å². The zero-order valence-electron chi connectivity index (χ0n) is 9.19. The van der Waals surface area contributed by atoms with Gasteiger partial charge < -0.3 is 15.3 Å². The Hall–Kier alpha value is -0.450. The molecule has 0 rings (SSSR count). The van der Waals surface area contributed by atoms with Crippen molar-refractivity contribution < 1.29 is 20.1 Å². The molecule has 0 heterocycles. The first-order valence-electron chi connectivity index (χ1n) is 4.80. The van der Waals surface area contributed by atoms with Gasteiger partial charge >= 0.3 is 0 Å². The molecule has 0 aromatic heterocycles. The van der Waals surface area contributed by atoms with Crippen molar-refractivity contribution in [3.05, 3.63) is 0 Å². The van der Waals surface area contributed by atoms with E-state index in [9.17, 15) is 20.1 Å². The maximum atomic E-state index is 11.5. The standard InChI is InChI=1S/C10H20O4/c1-5-6(11)7(12)8(13)9(14)10(2,3)4/h6-8,11-13H,5H2,1-4H3. The quantitative estimate of drug-likeness (QED) is 0.606. The molecule has 0 aliphatic rings. The molecule has 0 amide bonds. The molecule has 3 N–H and O–H groups in total. The SMILES string of the molecule is CCC(O)C(O)C(O)C(=O)C(C)(C)C. The molecular formula is C10H20O4. The van der Waals surface area contributed by atoms with Crippen LogP contribution in [-0.2, 0) is 4.79 Å². The van der Waals surface area contributed by atoms with Gasteiger partial charge in [-0.15, -0.1) is 0 Å². The Kier molecular flexibility index (Phi) is 4.71. The molecule has 4 nitrogen and oxygen atoms in total. The Morgan fingerprint density at radius 2 is 1.64 bits per heavy atom. The fraction of sp³-hybridized carbons (Fsp3) is 0.900. The van der Waals surface area contributed by atoms with Crippen LogP contribution in [0.5, 0.6) is 0 Å². The zero-order valence-corrected chi connectivity index (χ0v) is 9.19. The molecule has 0 aliphatic heterocycles. The van der Waals surface area contributed by atoms with Gasteiger partial charge in [0.1, 0.15) is 12.2 Å². The van der Waals surface area contributed by atoms with E-state index in [4.69, 9.17) is 0 Å². The first-order valence-corrected chi connectivity index (χ1v) is 4.80. The van der Waals surface area contributed by atoms with Gasteiger partial charge in [-0.05, 0) is 6.42 Å². The van der Waals surface area contributed by atoms with Crippen LogP contribution in [0.15, 0.2) is 0 Å². The zero-order chi connectivity index (χ0) is 11.5. The molecule has 3 unspecified atom stereocenters. The van der Waals surface area contributed by atoms with Gasteiger partial charge in [0, 0.05) is 5.41 Å². The Labute approximate surface area is 84.6 Å². The van der Waals surface area contributed by atoms with E-state index in [1.165, 1.54) is 0 Å². The third-order valence-corrected chi connectivity index (χ3v) is 2.14. The molecule has 0 aliphatic carbocycles. The molecule has 0 radical (unpaired) electrons. The summed E-state index contributed by atoms with van der Waals surface area (Å²) in [5, 5.41) is 28.1. The summed E-state index contributed by atoms with van der Waals surface area (Å²) in [5.74, 6) is -0.461. The highest BCUT2D eigenvalue weighted by Gasteiger charge is 2.35. The van der Waals surface area contributed by atoms with E-state index in [-0.39, 0.29) is 0 Å². The second kappa shape index (κ2) is 4.87. The van der Waals surface area contributed by atoms with Gasteiger partial charge in [-0.3, -0.25) is 4.79 Å². The van der Waals surface area contributed by atoms with Crippen molar-refractivity contribution in [2.45, 2.75) is 52.4 Å². The van der Waals surface area contributed by atoms with Crippen LogP contribution in [0.25, 0.3) is 0 Å². The van der Waals surface area contributed by atoms with E-state index in [0.29, 0.717) is 6.42 Å². The van der Waals surface area contributed by atoms with Gasteiger partial charge in [0.05, 0.1) is 6.10 Å². The van der Waals surface area contributed by atoms with Crippen molar-refractivity contribution in [3.63, 3.8) is 0 Å². The molecule has 4 heteroatoms. The summed E-state index contributed by atoms with van der Waals surface area (Å²) in [6.07, 6.45) is -3.66. The van der Waals surface area contributed by atoms with Crippen LogP contribution >= 0.6 is 0 Å². The predicted molar refractivity (Wildman–Crippen MR) is 52.8 cm³/mol. The number of ketones is 1. The van der Waals surface area contributed by atoms with Crippen LogP contribution in [0.4, 0.5) is 0 Å². The number of aliphatic hydroxyl groups excluding tert-OH is 3. The average Bonchev–Trinajstić information content (AvgIpc) is 2.11. The molecule has 0 aromatic rings. The Balaban J connectivity index is 4.47. The minimum absolute atomic E-state index is 0.301. The number of aliphatic hydroxyl groups is 3. The molecule has 0 fully saturated rings. The lowest BCUT2D eigenvalue weighted by atomic mass is 9.85. The van der Waals surface area contributed by atoms with Crippen LogP contribution in [0.1, 0.15) is 34.1 Å². The first-order chi connectivity index (χ1) is 6.21. The van der Waals surface area contributed by atoms with E-state index in [0.717, 1.165) is 0 Å². The summed E-state index contributed by atoms with van der Waals surface area (Å²) in [4.78, 5) is 11.5. The minimum Gasteiger partial charge on any atom is -0.390 e. The van der Waals surface area contributed by atoms with Crippen LogP contribution in [-0.4, -0.2) is 39.4 Å². The van der Waals surface area contributed by atoms with Gasteiger partial charge in [-0.25, -0.2) is 0 Å². The van der Waals surface area contributed by atoms with Crippen LogP contribution in [0, 0.1) is 5.41 Å². The van der Waals surface area contributed by atoms with Crippen molar-refractivity contribution in [3.8, 4) is 0 Å². The highest BCUT2D eigenvalue weighted by atomic mass is 16.4. The highest BCUT2D eigenvalue weighted by Crippen LogP contribution is 2.19. The van der Waals surface area contributed by atoms with Gasteiger partial charge in [-0.1, -0.05) is 27.7 Å². The van der Waals surface area contributed by atoms with E-state index in [1.807, 2.05) is 0 Å². The molecule has 3 atom stereocenters. The highest BCUT2D eigenvalue weighted by molar-refractivity contribution is 5.88. The maximum absolute atomic E-state index is 11.5. The fourth-order valence-electron chi connectivity index (χ4n) is 1.05. The Morgan fingerprint density at radius 1 is 1.21 bits per heavy atom. The smallest absolute Gasteiger partial charge is 0.169 e. The summed E-state index contributed by atoms with van der Waals surface area (Å²) in [7, 11) is 0. The van der Waals surface area contributed by atoms with E-state index < -0.39 is 29.5 Å². The average molecular weight is 204 g/mol. The number of carbonyl (C=O) groups excluding carboxylic acids is 1. The van der Waals surface area contributed by atoms with Crippen LogP contribution in [0.2, 0.25) is 0 Å².